The number of aromatic nitrogens is 5. The Morgan fingerprint density at radius 2 is 1.76 bits per heavy atom. The third kappa shape index (κ3) is 6.89. The number of piperazine rings is 1. The first-order valence-corrected chi connectivity index (χ1v) is 16.5. The van der Waals surface area contributed by atoms with Gasteiger partial charge in [-0.25, -0.2) is 4.98 Å². The predicted molar refractivity (Wildman–Crippen MR) is 178 cm³/mol. The Morgan fingerprint density at radius 1 is 1.04 bits per heavy atom. The van der Waals surface area contributed by atoms with Gasteiger partial charge in [0.2, 0.25) is 18.1 Å². The molecular weight excluding hydrogens is 706 g/mol. The fourth-order valence-corrected chi connectivity index (χ4v) is 6.55. The topological polar surface area (TPSA) is 150 Å². The molecule has 0 saturated carbocycles. The molecule has 7 rings (SSSR count). The number of rotatable bonds is 5. The van der Waals surface area contributed by atoms with E-state index in [1.807, 2.05) is 9.80 Å². The lowest BCUT2D eigenvalue weighted by Crippen LogP contribution is -2.50. The minimum Gasteiger partial charge on any atom is -0.504 e. The number of nitrogens with one attached hydrogen (secondary N) is 1. The number of carbonyl (C=O) groups excluding carboxylic acids is 2. The third-order valence-corrected chi connectivity index (χ3v) is 9.38. The van der Waals surface area contributed by atoms with Crippen molar-refractivity contribution in [3.63, 3.8) is 0 Å². The van der Waals surface area contributed by atoms with E-state index < -0.39 is 11.7 Å². The highest BCUT2D eigenvalue weighted by Gasteiger charge is 2.34. The molecule has 19 heteroatoms. The van der Waals surface area contributed by atoms with Crippen LogP contribution in [-0.2, 0) is 22.3 Å². The molecule has 3 aliphatic heterocycles. The van der Waals surface area contributed by atoms with Crippen LogP contribution in [0.2, 0.25) is 10.0 Å². The number of alkyl halides is 3. The van der Waals surface area contributed by atoms with E-state index in [1.54, 1.807) is 4.90 Å². The second-order valence-electron chi connectivity index (χ2n) is 11.8. The molecule has 1 atom stereocenters. The van der Waals surface area contributed by atoms with Crippen LogP contribution < -0.4 is 20.7 Å². The Kier molecular flexibility index (Phi) is 10.1. The van der Waals surface area contributed by atoms with Crippen LogP contribution in [0.5, 0.6) is 5.75 Å². The van der Waals surface area contributed by atoms with Crippen molar-refractivity contribution in [1.29, 1.82) is 0 Å². The molecule has 1 unspecified atom stereocenters. The average Bonchev–Trinajstić information content (AvgIpc) is 3.72. The zero-order valence-electron chi connectivity index (χ0n) is 26.7. The SMILES string of the molecule is CC1CCn2c1c(N1CCN(C(=O)c3nccc(Cl)c3O)CC1)c(=O)n1nc(N3CCOCC3)nc21.O=CNc1ccc(C(F)(F)F)cc1Cl. The normalized spacial score (nSPS) is 17.7. The number of benzene rings is 1. The second kappa shape index (κ2) is 14.3. The maximum absolute atomic E-state index is 13.8. The number of aromatic hydroxyl groups is 1. The van der Waals surface area contributed by atoms with Gasteiger partial charge >= 0.3 is 6.18 Å². The van der Waals surface area contributed by atoms with E-state index in [4.69, 9.17) is 32.9 Å². The van der Waals surface area contributed by atoms with Gasteiger partial charge in [0.15, 0.2) is 11.4 Å². The number of halogens is 5. The van der Waals surface area contributed by atoms with Crippen LogP contribution in [0.25, 0.3) is 5.78 Å². The smallest absolute Gasteiger partial charge is 0.416 e. The zero-order chi connectivity index (χ0) is 35.7. The van der Waals surface area contributed by atoms with Crippen LogP contribution in [0.15, 0.2) is 35.3 Å². The molecule has 266 valence electrons. The van der Waals surface area contributed by atoms with E-state index in [2.05, 4.69) is 26.9 Å². The van der Waals surface area contributed by atoms with Crippen molar-refractivity contribution >= 4 is 58.6 Å². The van der Waals surface area contributed by atoms with Crippen molar-refractivity contribution in [2.45, 2.75) is 32.0 Å². The summed E-state index contributed by atoms with van der Waals surface area (Å²) in [5.74, 6) is 0.622. The third-order valence-electron chi connectivity index (χ3n) is 8.77. The zero-order valence-corrected chi connectivity index (χ0v) is 28.2. The molecule has 2 N–H and O–H groups in total. The number of ether oxygens (including phenoxy) is 1. The molecule has 3 aliphatic rings. The molecule has 2 saturated heterocycles. The number of morpholine rings is 1. The minimum atomic E-state index is -4.43. The quantitative estimate of drug-likeness (QED) is 0.289. The van der Waals surface area contributed by atoms with Crippen LogP contribution in [0.1, 0.15) is 41.0 Å². The first-order valence-electron chi connectivity index (χ1n) is 15.7. The summed E-state index contributed by atoms with van der Waals surface area (Å²) in [6.45, 7) is 7.21. The van der Waals surface area contributed by atoms with E-state index in [1.165, 1.54) is 16.8 Å². The summed E-state index contributed by atoms with van der Waals surface area (Å²) >= 11 is 11.4. The van der Waals surface area contributed by atoms with Crippen LogP contribution in [0.4, 0.5) is 30.5 Å². The predicted octanol–water partition coefficient (Wildman–Crippen LogP) is 3.88. The van der Waals surface area contributed by atoms with Crippen molar-refractivity contribution in [3.05, 3.63) is 67.8 Å². The van der Waals surface area contributed by atoms with Crippen molar-refractivity contribution in [2.75, 3.05) is 67.6 Å². The highest BCUT2D eigenvalue weighted by atomic mass is 35.5. The lowest BCUT2D eigenvalue weighted by atomic mass is 10.1. The molecule has 1 aromatic carbocycles. The Hall–Kier alpha value is -4.61. The summed E-state index contributed by atoms with van der Waals surface area (Å²) in [4.78, 5) is 51.2. The van der Waals surface area contributed by atoms with Gasteiger partial charge in [-0.15, -0.1) is 5.10 Å². The summed E-state index contributed by atoms with van der Waals surface area (Å²) in [5, 5.41) is 16.9. The minimum absolute atomic E-state index is 0.0646. The van der Waals surface area contributed by atoms with Gasteiger partial charge in [0.25, 0.3) is 11.5 Å². The molecule has 6 heterocycles. The van der Waals surface area contributed by atoms with Gasteiger partial charge in [-0.05, 0) is 30.7 Å². The molecule has 0 radical (unpaired) electrons. The second-order valence-corrected chi connectivity index (χ2v) is 12.6. The van der Waals surface area contributed by atoms with Crippen molar-refractivity contribution in [2.24, 2.45) is 0 Å². The molecule has 50 heavy (non-hydrogen) atoms. The Morgan fingerprint density at radius 3 is 2.42 bits per heavy atom. The molecule has 2 fully saturated rings. The van der Waals surface area contributed by atoms with E-state index in [0.717, 1.165) is 36.9 Å². The molecule has 0 spiro atoms. The molecule has 0 aliphatic carbocycles. The maximum atomic E-state index is 13.8. The first kappa shape index (κ1) is 35.2. The standard InChI is InChI=1S/C23H27ClN8O4.C8H5ClF3NO/c1-14-3-5-31-17(14)18(21(35)32-23(31)26-22(27-32)30-10-12-36-13-11-30)28-6-8-29(9-7-28)20(34)16-19(33)15(24)2-4-25-16;9-6-3-5(8(10,11)12)1-2-7(6)13-4-14/h2,4,14,33H,3,5-13H2,1H3;1-4H,(H,13,14). The molecule has 14 nitrogen and oxygen atoms in total. The Bertz CT molecular complexity index is 1980. The summed E-state index contributed by atoms with van der Waals surface area (Å²) in [6, 6.07) is 4.14. The van der Waals surface area contributed by atoms with Gasteiger partial charge in [0, 0.05) is 57.9 Å². The summed E-state index contributed by atoms with van der Waals surface area (Å²) in [7, 11) is 0. The molecule has 3 aromatic heterocycles. The van der Waals surface area contributed by atoms with Gasteiger partial charge < -0.3 is 34.4 Å². The Labute approximate surface area is 293 Å². The number of anilines is 3. The van der Waals surface area contributed by atoms with E-state index >= 15 is 0 Å². The fraction of sp³-hybridized carbons (Fsp3) is 0.419. The van der Waals surface area contributed by atoms with E-state index in [9.17, 15) is 32.7 Å². The fourth-order valence-electron chi connectivity index (χ4n) is 6.17. The number of hydrogen-bond acceptors (Lipinski definition) is 10. The molecule has 0 bridgehead atoms. The summed E-state index contributed by atoms with van der Waals surface area (Å²) < 4.78 is 45.4. The molecule has 2 amide bonds. The number of pyridine rings is 1. The largest absolute Gasteiger partial charge is 0.504 e. The van der Waals surface area contributed by atoms with E-state index in [0.29, 0.717) is 76.3 Å². The lowest BCUT2D eigenvalue weighted by Gasteiger charge is -2.36. The van der Waals surface area contributed by atoms with Gasteiger partial charge in [0.05, 0.1) is 40.2 Å². The molecular formula is C31H32Cl2F3N9O5. The lowest BCUT2D eigenvalue weighted by molar-refractivity contribution is -0.137. The van der Waals surface area contributed by atoms with Gasteiger partial charge in [0.1, 0.15) is 5.69 Å². The Balaban J connectivity index is 0.000000261. The number of nitrogens with zero attached hydrogens (tertiary/aromatic N) is 8. The summed E-state index contributed by atoms with van der Waals surface area (Å²) in [6.07, 6.45) is -1.77. The average molecular weight is 739 g/mol. The van der Waals surface area contributed by atoms with E-state index in [-0.39, 0.29) is 44.6 Å². The van der Waals surface area contributed by atoms with Gasteiger partial charge in [-0.1, -0.05) is 30.1 Å². The highest BCUT2D eigenvalue weighted by Crippen LogP contribution is 2.36. The van der Waals surface area contributed by atoms with Gasteiger partial charge in [-0.3, -0.25) is 14.4 Å². The number of carbonyl (C=O) groups is 2. The van der Waals surface area contributed by atoms with Crippen molar-refractivity contribution in [3.8, 4) is 5.75 Å². The monoisotopic (exact) mass is 737 g/mol. The number of hydrogen-bond donors (Lipinski definition) is 2. The molecule has 4 aromatic rings. The summed E-state index contributed by atoms with van der Waals surface area (Å²) in [5.41, 5.74) is 0.647. The first-order chi connectivity index (χ1) is 23.9. The number of amides is 2. The van der Waals surface area contributed by atoms with Crippen molar-refractivity contribution < 1.29 is 32.6 Å². The van der Waals surface area contributed by atoms with Crippen molar-refractivity contribution in [1.82, 2.24) is 29.0 Å². The highest BCUT2D eigenvalue weighted by molar-refractivity contribution is 6.33. The van der Waals surface area contributed by atoms with Crippen LogP contribution in [-0.4, -0.2) is 99.0 Å². The van der Waals surface area contributed by atoms with Crippen LogP contribution >= 0.6 is 23.2 Å². The number of fused-ring (bicyclic) bond motifs is 3. The van der Waals surface area contributed by atoms with Gasteiger partial charge in [-0.2, -0.15) is 22.7 Å². The van der Waals surface area contributed by atoms with Crippen LogP contribution in [0, 0.1) is 0 Å². The van der Waals surface area contributed by atoms with Crippen LogP contribution in [0.3, 0.4) is 0 Å². The number of aryl methyl sites for hydroxylation is 1. The maximum Gasteiger partial charge on any atom is 0.416 e.